The predicted molar refractivity (Wildman–Crippen MR) is 77.5 cm³/mol. The molecule has 0 aromatic carbocycles. The first kappa shape index (κ1) is 17.5. The Morgan fingerprint density at radius 1 is 1.26 bits per heavy atom. The van der Waals surface area contributed by atoms with Crippen LogP contribution in [0.3, 0.4) is 0 Å². The molecule has 1 rings (SSSR count). The van der Waals surface area contributed by atoms with E-state index in [9.17, 15) is 0 Å². The van der Waals surface area contributed by atoms with Gasteiger partial charge in [-0.3, -0.25) is 0 Å². The number of nitrogens with two attached hydrogens (primary N) is 1. The first-order chi connectivity index (χ1) is 8.69. The third-order valence-electron chi connectivity index (χ3n) is 4.32. The molecule has 0 amide bonds. The zero-order valence-corrected chi connectivity index (χ0v) is 15.1. The van der Waals surface area contributed by atoms with Gasteiger partial charge in [0.05, 0.1) is 0 Å². The minimum absolute atomic E-state index is 0.0626. The van der Waals surface area contributed by atoms with Gasteiger partial charge in [-0.05, 0) is 0 Å². The van der Waals surface area contributed by atoms with Crippen LogP contribution in [0.25, 0.3) is 0 Å². The number of alkyl halides is 1. The fourth-order valence-corrected chi connectivity index (χ4v) is 3.43. The molecular weight excluding hydrogens is 352 g/mol. The van der Waals surface area contributed by atoms with Crippen molar-refractivity contribution in [3.63, 3.8) is 0 Å². The molecule has 112 valence electrons. The van der Waals surface area contributed by atoms with E-state index in [0.717, 1.165) is 23.6 Å². The van der Waals surface area contributed by atoms with Gasteiger partial charge in [-0.15, -0.1) is 0 Å². The van der Waals surface area contributed by atoms with Gasteiger partial charge in [-0.1, -0.05) is 0 Å². The zero-order valence-electron chi connectivity index (χ0n) is 13.0. The SMILES string of the molecule is C=C(C[I-]N)[C@@H](C)CCCB1OC(C)(C)C(C)(C)O1. The van der Waals surface area contributed by atoms with Gasteiger partial charge in [0, 0.05) is 0 Å². The molecule has 0 spiro atoms. The van der Waals surface area contributed by atoms with E-state index in [1.54, 1.807) is 0 Å². The second-order valence-corrected chi connectivity index (χ2v) is 8.11. The topological polar surface area (TPSA) is 44.5 Å². The van der Waals surface area contributed by atoms with Gasteiger partial charge >= 0.3 is 129 Å². The molecular formula is C14H28BINO2-. The summed E-state index contributed by atoms with van der Waals surface area (Å²) >= 11 is -0.167. The van der Waals surface area contributed by atoms with Gasteiger partial charge in [0.25, 0.3) is 0 Å². The average molecular weight is 380 g/mol. The first-order valence-corrected chi connectivity index (χ1v) is 9.78. The van der Waals surface area contributed by atoms with E-state index in [0.29, 0.717) is 5.92 Å². The Kier molecular flexibility index (Phi) is 6.36. The molecule has 2 N–H and O–H groups in total. The van der Waals surface area contributed by atoms with Crippen molar-refractivity contribution in [1.29, 1.82) is 0 Å². The summed E-state index contributed by atoms with van der Waals surface area (Å²) in [4.78, 5) is 0. The monoisotopic (exact) mass is 380 g/mol. The van der Waals surface area contributed by atoms with E-state index in [-0.39, 0.29) is 39.8 Å². The van der Waals surface area contributed by atoms with Crippen LogP contribution < -0.4 is 25.4 Å². The summed E-state index contributed by atoms with van der Waals surface area (Å²) in [5.74, 6) is 0.561. The van der Waals surface area contributed by atoms with E-state index in [1.807, 2.05) is 0 Å². The number of allylic oxidation sites excluding steroid dienone is 1. The molecule has 1 aliphatic rings. The Bertz CT molecular complexity index is 305. The quantitative estimate of drug-likeness (QED) is 0.223. The Labute approximate surface area is 129 Å². The van der Waals surface area contributed by atoms with Gasteiger partial charge in [-0.2, -0.15) is 0 Å². The minimum atomic E-state index is -0.211. The molecule has 1 heterocycles. The summed E-state index contributed by atoms with van der Waals surface area (Å²) in [5, 5.41) is 0. The molecule has 0 radical (unpaired) electrons. The second kappa shape index (κ2) is 6.92. The number of rotatable bonds is 7. The molecule has 1 saturated heterocycles. The molecule has 1 aliphatic heterocycles. The number of hydrogen-bond acceptors (Lipinski definition) is 3. The molecule has 0 bridgehead atoms. The Balaban J connectivity index is 2.30. The molecule has 1 atom stereocenters. The van der Waals surface area contributed by atoms with Crippen LogP contribution in [0, 0.1) is 5.92 Å². The third-order valence-corrected chi connectivity index (χ3v) is 5.74. The zero-order chi connectivity index (χ0) is 14.7. The van der Waals surface area contributed by atoms with Crippen LogP contribution in [0.2, 0.25) is 6.32 Å². The van der Waals surface area contributed by atoms with Gasteiger partial charge in [0.1, 0.15) is 0 Å². The number of hydrogen-bond donors (Lipinski definition) is 1. The van der Waals surface area contributed by atoms with Crippen molar-refractivity contribution >= 4 is 7.12 Å². The van der Waals surface area contributed by atoms with Crippen LogP contribution in [-0.4, -0.2) is 22.7 Å². The standard InChI is InChI=1S/C14H28BINO2/c1-11(12(2)10-16-17)8-7-9-15-18-13(3,4)14(5,6)19-15/h11H,2,7-10,17H2,1,3-6H3/q-1/t11-/m0/s1. The van der Waals surface area contributed by atoms with Crippen LogP contribution in [0.1, 0.15) is 47.5 Å². The van der Waals surface area contributed by atoms with E-state index >= 15 is 0 Å². The molecule has 0 saturated carbocycles. The van der Waals surface area contributed by atoms with Crippen molar-refractivity contribution in [3.8, 4) is 0 Å². The van der Waals surface area contributed by atoms with Gasteiger partial charge < -0.3 is 0 Å². The van der Waals surface area contributed by atoms with Crippen molar-refractivity contribution in [2.75, 3.05) is 4.43 Å². The Hall–Kier alpha value is 0.415. The molecule has 1 fully saturated rings. The summed E-state index contributed by atoms with van der Waals surface area (Å²) in [6.45, 7) is 14.8. The molecule has 3 nitrogen and oxygen atoms in total. The third kappa shape index (κ3) is 4.72. The Morgan fingerprint density at radius 2 is 1.79 bits per heavy atom. The second-order valence-electron chi connectivity index (χ2n) is 6.46. The molecule has 0 aromatic heterocycles. The predicted octanol–water partition coefficient (Wildman–Crippen LogP) is 0.0138. The Morgan fingerprint density at radius 3 is 2.26 bits per heavy atom. The number of halogens is 1. The van der Waals surface area contributed by atoms with Crippen LogP contribution in [0.5, 0.6) is 0 Å². The van der Waals surface area contributed by atoms with Crippen LogP contribution in [0.15, 0.2) is 12.2 Å². The van der Waals surface area contributed by atoms with Crippen molar-refractivity contribution in [2.45, 2.75) is 65.0 Å². The summed E-state index contributed by atoms with van der Waals surface area (Å²) < 4.78 is 18.7. The van der Waals surface area contributed by atoms with Gasteiger partial charge in [-0.25, -0.2) is 0 Å². The van der Waals surface area contributed by atoms with E-state index in [4.69, 9.17) is 13.3 Å². The van der Waals surface area contributed by atoms with Crippen LogP contribution >= 0.6 is 0 Å². The maximum absolute atomic E-state index is 5.99. The van der Waals surface area contributed by atoms with Crippen LogP contribution in [0.4, 0.5) is 0 Å². The van der Waals surface area contributed by atoms with Crippen molar-refractivity contribution in [1.82, 2.24) is 0 Å². The normalized spacial score (nSPS) is 22.7. The summed E-state index contributed by atoms with van der Waals surface area (Å²) in [6, 6.07) is 0. The van der Waals surface area contributed by atoms with Crippen molar-refractivity contribution in [3.05, 3.63) is 12.2 Å². The van der Waals surface area contributed by atoms with Crippen molar-refractivity contribution in [2.24, 2.45) is 9.86 Å². The van der Waals surface area contributed by atoms with Gasteiger partial charge in [0.2, 0.25) is 0 Å². The van der Waals surface area contributed by atoms with E-state index in [1.165, 1.54) is 5.57 Å². The van der Waals surface area contributed by atoms with Gasteiger partial charge in [0.15, 0.2) is 0 Å². The average Bonchev–Trinajstić information content (AvgIpc) is 2.47. The summed E-state index contributed by atoms with van der Waals surface area (Å²) in [5.41, 5.74) is 0.887. The molecule has 19 heavy (non-hydrogen) atoms. The molecule has 0 aliphatic carbocycles. The molecule has 5 heteroatoms. The summed E-state index contributed by atoms with van der Waals surface area (Å²) in [7, 11) is -0.0626. The summed E-state index contributed by atoms with van der Waals surface area (Å²) in [6.07, 6.45) is 3.22. The first-order valence-electron chi connectivity index (χ1n) is 7.00. The van der Waals surface area contributed by atoms with E-state index in [2.05, 4.69) is 41.2 Å². The maximum atomic E-state index is 5.99. The van der Waals surface area contributed by atoms with Crippen LogP contribution in [-0.2, 0) is 9.31 Å². The van der Waals surface area contributed by atoms with E-state index < -0.39 is 0 Å². The molecule has 0 aromatic rings. The fourth-order valence-electron chi connectivity index (χ4n) is 2.11. The fraction of sp³-hybridized carbons (Fsp3) is 0.857. The molecule has 0 unspecified atom stereocenters. The van der Waals surface area contributed by atoms with Crippen molar-refractivity contribution < 1.29 is 30.8 Å².